The van der Waals surface area contributed by atoms with Gasteiger partial charge in [0.25, 0.3) is 5.92 Å². The van der Waals surface area contributed by atoms with E-state index in [1.165, 1.54) is 0 Å². The predicted molar refractivity (Wildman–Crippen MR) is 87.8 cm³/mol. The van der Waals surface area contributed by atoms with E-state index in [0.29, 0.717) is 32.5 Å². The summed E-state index contributed by atoms with van der Waals surface area (Å²) in [4.78, 5) is 28.1. The number of rotatable bonds is 3. The van der Waals surface area contributed by atoms with Crippen LogP contribution in [0.4, 0.5) is 8.78 Å². The maximum atomic E-state index is 13.2. The van der Waals surface area contributed by atoms with Gasteiger partial charge in [-0.25, -0.2) is 8.78 Å². The number of amides is 2. The molecule has 0 spiro atoms. The third-order valence-electron chi connectivity index (χ3n) is 4.63. The van der Waals surface area contributed by atoms with Crippen molar-refractivity contribution < 1.29 is 18.4 Å². The molecule has 1 N–H and O–H groups in total. The van der Waals surface area contributed by atoms with Crippen LogP contribution in [0.1, 0.15) is 46.5 Å². The van der Waals surface area contributed by atoms with Gasteiger partial charge in [-0.15, -0.1) is 0 Å². The molecule has 2 fully saturated rings. The summed E-state index contributed by atoms with van der Waals surface area (Å²) in [6.07, 6.45) is 0.915. The first-order valence-electron chi connectivity index (χ1n) is 8.76. The number of carbonyl (C=O) groups excluding carboxylic acids is 2. The largest absolute Gasteiger partial charge is 0.350 e. The smallest absolute Gasteiger partial charge is 0.251 e. The van der Waals surface area contributed by atoms with Crippen molar-refractivity contribution in [2.75, 3.05) is 32.7 Å². The number of carbonyl (C=O) groups is 2. The standard InChI is InChI=1S/C17H29F2N3O2/c1-16(2,3)20-14(23)12-21-8-4-13(5-9-21)15(24)22-10-6-17(18,19)7-11-22/h13H,4-12H2,1-3H3,(H,20,23). The Morgan fingerprint density at radius 1 is 1.08 bits per heavy atom. The second kappa shape index (κ2) is 7.33. The van der Waals surface area contributed by atoms with Gasteiger partial charge in [0, 0.05) is 37.4 Å². The Morgan fingerprint density at radius 3 is 2.12 bits per heavy atom. The maximum Gasteiger partial charge on any atom is 0.251 e. The molecule has 7 heteroatoms. The second-order valence-electron chi connectivity index (χ2n) is 8.03. The summed E-state index contributed by atoms with van der Waals surface area (Å²) in [5.41, 5.74) is -0.248. The molecule has 2 aliphatic rings. The van der Waals surface area contributed by atoms with Gasteiger partial charge in [-0.05, 0) is 46.7 Å². The Morgan fingerprint density at radius 2 is 1.62 bits per heavy atom. The summed E-state index contributed by atoms with van der Waals surface area (Å²) in [5.74, 6) is -2.73. The van der Waals surface area contributed by atoms with Crippen molar-refractivity contribution in [1.29, 1.82) is 0 Å². The molecule has 0 aliphatic carbocycles. The van der Waals surface area contributed by atoms with Gasteiger partial charge < -0.3 is 10.2 Å². The van der Waals surface area contributed by atoms with E-state index in [9.17, 15) is 18.4 Å². The molecule has 0 radical (unpaired) electrons. The molecule has 2 amide bonds. The molecule has 0 unspecified atom stereocenters. The fourth-order valence-electron chi connectivity index (χ4n) is 3.31. The van der Waals surface area contributed by atoms with Crippen molar-refractivity contribution in [1.82, 2.24) is 15.1 Å². The minimum atomic E-state index is -2.62. The van der Waals surface area contributed by atoms with Crippen LogP contribution in [0, 0.1) is 5.92 Å². The van der Waals surface area contributed by atoms with Crippen molar-refractivity contribution in [2.24, 2.45) is 5.92 Å². The summed E-state index contributed by atoms with van der Waals surface area (Å²) >= 11 is 0. The zero-order chi connectivity index (χ0) is 18.0. The van der Waals surface area contributed by atoms with Gasteiger partial charge >= 0.3 is 0 Å². The third-order valence-corrected chi connectivity index (χ3v) is 4.63. The highest BCUT2D eigenvalue weighted by Gasteiger charge is 2.37. The molecule has 0 aromatic rings. The van der Waals surface area contributed by atoms with Crippen LogP contribution >= 0.6 is 0 Å². The molecule has 24 heavy (non-hydrogen) atoms. The van der Waals surface area contributed by atoms with Gasteiger partial charge in [0.05, 0.1) is 6.54 Å². The quantitative estimate of drug-likeness (QED) is 0.850. The molecular formula is C17H29F2N3O2. The average Bonchev–Trinajstić information content (AvgIpc) is 2.45. The highest BCUT2D eigenvalue weighted by molar-refractivity contribution is 5.80. The molecule has 2 aliphatic heterocycles. The molecule has 0 aromatic heterocycles. The highest BCUT2D eigenvalue weighted by atomic mass is 19.3. The molecule has 0 bridgehead atoms. The molecule has 2 rings (SSSR count). The molecule has 2 heterocycles. The Labute approximate surface area is 142 Å². The molecule has 2 saturated heterocycles. The van der Waals surface area contributed by atoms with E-state index in [1.807, 2.05) is 20.8 Å². The lowest BCUT2D eigenvalue weighted by atomic mass is 9.94. The number of nitrogens with one attached hydrogen (secondary N) is 1. The Kier molecular flexibility index (Phi) is 5.83. The number of hydrogen-bond donors (Lipinski definition) is 1. The first kappa shape index (κ1) is 19.1. The maximum absolute atomic E-state index is 13.2. The number of likely N-dealkylation sites (tertiary alicyclic amines) is 2. The van der Waals surface area contributed by atoms with Crippen LogP contribution in [-0.4, -0.2) is 65.8 Å². The zero-order valence-corrected chi connectivity index (χ0v) is 14.9. The number of hydrogen-bond acceptors (Lipinski definition) is 3. The number of piperidine rings is 2. The molecule has 138 valence electrons. The highest BCUT2D eigenvalue weighted by Crippen LogP contribution is 2.29. The van der Waals surface area contributed by atoms with Crippen LogP contribution < -0.4 is 5.32 Å². The van der Waals surface area contributed by atoms with Crippen LogP contribution in [0.2, 0.25) is 0 Å². The molecule has 0 atom stereocenters. The summed E-state index contributed by atoms with van der Waals surface area (Å²) < 4.78 is 26.4. The van der Waals surface area contributed by atoms with E-state index in [-0.39, 0.29) is 49.2 Å². The van der Waals surface area contributed by atoms with E-state index in [1.54, 1.807) is 4.90 Å². The summed E-state index contributed by atoms with van der Waals surface area (Å²) in [6, 6.07) is 0. The third kappa shape index (κ3) is 5.69. The van der Waals surface area contributed by atoms with Gasteiger partial charge in [-0.3, -0.25) is 14.5 Å². The minimum absolute atomic E-state index is 0.00398. The first-order chi connectivity index (χ1) is 11.1. The van der Waals surface area contributed by atoms with Gasteiger partial charge in [-0.1, -0.05) is 0 Å². The number of halogens is 2. The number of alkyl halides is 2. The Hall–Kier alpha value is -1.24. The minimum Gasteiger partial charge on any atom is -0.350 e. The first-order valence-corrected chi connectivity index (χ1v) is 8.76. The molecular weight excluding hydrogens is 316 g/mol. The monoisotopic (exact) mass is 345 g/mol. The van der Waals surface area contributed by atoms with Crippen LogP contribution in [0.5, 0.6) is 0 Å². The lowest BCUT2D eigenvalue weighted by Crippen LogP contribution is -2.50. The molecule has 5 nitrogen and oxygen atoms in total. The van der Waals surface area contributed by atoms with Crippen LogP contribution in [0.25, 0.3) is 0 Å². The molecule has 0 saturated carbocycles. The summed E-state index contributed by atoms with van der Waals surface area (Å²) in [5, 5.41) is 2.93. The average molecular weight is 345 g/mol. The SMILES string of the molecule is CC(C)(C)NC(=O)CN1CCC(C(=O)N2CCC(F)(F)CC2)CC1. The van der Waals surface area contributed by atoms with Gasteiger partial charge in [-0.2, -0.15) is 0 Å². The van der Waals surface area contributed by atoms with E-state index >= 15 is 0 Å². The topological polar surface area (TPSA) is 52.7 Å². The summed E-state index contributed by atoms with van der Waals surface area (Å²) in [6.45, 7) is 7.86. The second-order valence-corrected chi connectivity index (χ2v) is 8.03. The Bertz CT molecular complexity index is 459. The van der Waals surface area contributed by atoms with Crippen molar-refractivity contribution >= 4 is 11.8 Å². The fraction of sp³-hybridized carbons (Fsp3) is 0.882. The zero-order valence-electron chi connectivity index (χ0n) is 14.9. The number of nitrogens with zero attached hydrogens (tertiary/aromatic N) is 2. The van der Waals surface area contributed by atoms with Gasteiger partial charge in [0.2, 0.25) is 11.8 Å². The van der Waals surface area contributed by atoms with E-state index in [2.05, 4.69) is 10.2 Å². The lowest BCUT2D eigenvalue weighted by Gasteiger charge is -2.37. The lowest BCUT2D eigenvalue weighted by molar-refractivity contribution is -0.143. The molecule has 0 aromatic carbocycles. The van der Waals surface area contributed by atoms with E-state index in [0.717, 1.165) is 0 Å². The predicted octanol–water partition coefficient (Wildman–Crippen LogP) is 1.87. The van der Waals surface area contributed by atoms with Crippen LogP contribution in [-0.2, 0) is 9.59 Å². The van der Waals surface area contributed by atoms with E-state index < -0.39 is 5.92 Å². The summed E-state index contributed by atoms with van der Waals surface area (Å²) in [7, 11) is 0. The fourth-order valence-corrected chi connectivity index (χ4v) is 3.31. The van der Waals surface area contributed by atoms with Crippen molar-refractivity contribution in [3.63, 3.8) is 0 Å². The van der Waals surface area contributed by atoms with Gasteiger partial charge in [0.1, 0.15) is 0 Å². The van der Waals surface area contributed by atoms with Crippen molar-refractivity contribution in [3.05, 3.63) is 0 Å². The van der Waals surface area contributed by atoms with Gasteiger partial charge in [0.15, 0.2) is 0 Å². The van der Waals surface area contributed by atoms with E-state index in [4.69, 9.17) is 0 Å². The van der Waals surface area contributed by atoms with Crippen molar-refractivity contribution in [3.8, 4) is 0 Å². The van der Waals surface area contributed by atoms with Crippen LogP contribution in [0.15, 0.2) is 0 Å². The Balaban J connectivity index is 1.74. The van der Waals surface area contributed by atoms with Crippen molar-refractivity contribution in [2.45, 2.75) is 57.9 Å². The van der Waals surface area contributed by atoms with Crippen LogP contribution in [0.3, 0.4) is 0 Å². The normalized spacial score (nSPS) is 23.1.